The van der Waals surface area contributed by atoms with Gasteiger partial charge in [0, 0.05) is 30.6 Å². The normalized spacial score (nSPS) is 30.1. The van der Waals surface area contributed by atoms with Crippen LogP contribution in [0.2, 0.25) is 0 Å². The molecule has 4 nitrogen and oxygen atoms in total. The molecule has 2 aliphatic heterocycles. The molecule has 2 saturated heterocycles. The lowest BCUT2D eigenvalue weighted by Crippen LogP contribution is -2.49. The van der Waals surface area contributed by atoms with Gasteiger partial charge in [0.2, 0.25) is 5.91 Å². The highest BCUT2D eigenvalue weighted by molar-refractivity contribution is 5.77. The molecule has 2 rings (SSSR count). The number of carbonyl (C=O) groups excluding carboxylic acids is 1. The molecule has 0 radical (unpaired) electrons. The summed E-state index contributed by atoms with van der Waals surface area (Å²) in [5, 5.41) is 9.00. The molecule has 104 valence electrons. The van der Waals surface area contributed by atoms with Crippen LogP contribution in [-0.2, 0) is 4.79 Å². The van der Waals surface area contributed by atoms with Gasteiger partial charge in [-0.15, -0.1) is 0 Å². The lowest BCUT2D eigenvalue weighted by Gasteiger charge is -2.41. The lowest BCUT2D eigenvalue weighted by atomic mass is 9.79. The second-order valence-corrected chi connectivity index (χ2v) is 6.92. The molecular weight excluding hydrogens is 228 g/mol. The van der Waals surface area contributed by atoms with Crippen molar-refractivity contribution in [3.8, 4) is 0 Å². The van der Waals surface area contributed by atoms with Gasteiger partial charge < -0.3 is 10.0 Å². The topological polar surface area (TPSA) is 43.8 Å². The summed E-state index contributed by atoms with van der Waals surface area (Å²) in [6.07, 6.45) is 3.47. The third-order valence-electron chi connectivity index (χ3n) is 4.54. The van der Waals surface area contributed by atoms with Crippen LogP contribution in [0.3, 0.4) is 0 Å². The van der Waals surface area contributed by atoms with Crippen molar-refractivity contribution < 1.29 is 9.90 Å². The summed E-state index contributed by atoms with van der Waals surface area (Å²) in [4.78, 5) is 16.0. The van der Waals surface area contributed by atoms with Gasteiger partial charge in [0.25, 0.3) is 0 Å². The summed E-state index contributed by atoms with van der Waals surface area (Å²) < 4.78 is 0. The zero-order valence-electron chi connectivity index (χ0n) is 11.9. The highest BCUT2D eigenvalue weighted by Gasteiger charge is 2.44. The van der Waals surface area contributed by atoms with Gasteiger partial charge >= 0.3 is 0 Å². The number of aliphatic hydroxyl groups excluding tert-OH is 1. The fraction of sp³-hybridized carbons (Fsp3) is 0.929. The maximum absolute atomic E-state index is 11.6. The van der Waals surface area contributed by atoms with E-state index in [4.69, 9.17) is 5.11 Å². The van der Waals surface area contributed by atoms with E-state index in [9.17, 15) is 4.79 Å². The smallest absolute Gasteiger partial charge is 0.248 e. The maximum Gasteiger partial charge on any atom is 0.248 e. The van der Waals surface area contributed by atoms with Crippen molar-refractivity contribution in [2.75, 3.05) is 32.8 Å². The largest absolute Gasteiger partial charge is 0.387 e. The van der Waals surface area contributed by atoms with E-state index in [1.165, 1.54) is 12.8 Å². The Bertz CT molecular complexity index is 324. The first-order valence-corrected chi connectivity index (χ1v) is 7.00. The predicted octanol–water partition coefficient (Wildman–Crippen LogP) is 1.09. The Labute approximate surface area is 110 Å². The van der Waals surface area contributed by atoms with Crippen molar-refractivity contribution in [2.45, 2.75) is 45.6 Å². The number of carbonyl (C=O) groups is 1. The molecule has 1 N–H and O–H groups in total. The molecule has 2 fully saturated rings. The maximum atomic E-state index is 11.6. The number of piperidine rings is 1. The van der Waals surface area contributed by atoms with Crippen LogP contribution in [0.5, 0.6) is 0 Å². The molecule has 2 heterocycles. The first kappa shape index (κ1) is 13.8. The average molecular weight is 254 g/mol. The third kappa shape index (κ3) is 2.69. The highest BCUT2D eigenvalue weighted by Crippen LogP contribution is 2.41. The fourth-order valence-electron chi connectivity index (χ4n) is 3.36. The van der Waals surface area contributed by atoms with Crippen molar-refractivity contribution in [3.63, 3.8) is 0 Å². The van der Waals surface area contributed by atoms with E-state index in [2.05, 4.69) is 25.7 Å². The quantitative estimate of drug-likeness (QED) is 0.762. The average Bonchev–Trinajstić information content (AvgIpc) is 2.72. The summed E-state index contributed by atoms with van der Waals surface area (Å²) >= 11 is 0. The summed E-state index contributed by atoms with van der Waals surface area (Å²) in [5.74, 6) is -0.108. The Morgan fingerprint density at radius 3 is 2.50 bits per heavy atom. The molecular formula is C14H26N2O2. The molecule has 2 aliphatic rings. The van der Waals surface area contributed by atoms with Crippen LogP contribution >= 0.6 is 0 Å². The summed E-state index contributed by atoms with van der Waals surface area (Å²) in [5.41, 5.74) is 0.489. The van der Waals surface area contributed by atoms with Gasteiger partial charge in [0.15, 0.2) is 0 Å². The van der Waals surface area contributed by atoms with Crippen molar-refractivity contribution in [1.82, 2.24) is 9.80 Å². The minimum atomic E-state index is -0.348. The van der Waals surface area contributed by atoms with E-state index in [0.717, 1.165) is 32.6 Å². The van der Waals surface area contributed by atoms with Crippen LogP contribution in [0.1, 0.15) is 40.0 Å². The molecule has 0 bridgehead atoms. The molecule has 0 aliphatic carbocycles. The molecule has 1 unspecified atom stereocenters. The Balaban J connectivity index is 2.03. The van der Waals surface area contributed by atoms with Gasteiger partial charge in [0.1, 0.15) is 6.61 Å². The van der Waals surface area contributed by atoms with E-state index in [1.807, 2.05) is 4.90 Å². The van der Waals surface area contributed by atoms with Gasteiger partial charge in [0.05, 0.1) is 0 Å². The number of nitrogens with zero attached hydrogens (tertiary/aromatic N) is 2. The number of likely N-dealkylation sites (tertiary alicyclic amines) is 2. The predicted molar refractivity (Wildman–Crippen MR) is 71.3 cm³/mol. The monoisotopic (exact) mass is 254 g/mol. The van der Waals surface area contributed by atoms with Gasteiger partial charge in [-0.05, 0) is 46.6 Å². The molecule has 1 atom stereocenters. The molecule has 0 aromatic heterocycles. The first-order chi connectivity index (χ1) is 8.36. The molecule has 4 heteroatoms. The summed E-state index contributed by atoms with van der Waals surface area (Å²) in [6, 6.07) is 0. The lowest BCUT2D eigenvalue weighted by molar-refractivity contribution is -0.137. The van der Waals surface area contributed by atoms with Crippen molar-refractivity contribution in [3.05, 3.63) is 0 Å². The SMILES string of the molecule is CC(C)(C)N1CCC2(CCCN(C(=O)CO)C2)C1. The van der Waals surface area contributed by atoms with E-state index in [0.29, 0.717) is 0 Å². The zero-order valence-corrected chi connectivity index (χ0v) is 11.9. The second kappa shape index (κ2) is 4.82. The molecule has 0 aromatic rings. The van der Waals surface area contributed by atoms with E-state index in [1.54, 1.807) is 0 Å². The third-order valence-corrected chi connectivity index (χ3v) is 4.54. The van der Waals surface area contributed by atoms with Crippen LogP contribution in [0, 0.1) is 5.41 Å². The molecule has 1 amide bonds. The molecule has 0 aromatic carbocycles. The van der Waals surface area contributed by atoms with Gasteiger partial charge in [-0.2, -0.15) is 0 Å². The molecule has 18 heavy (non-hydrogen) atoms. The minimum Gasteiger partial charge on any atom is -0.387 e. The van der Waals surface area contributed by atoms with Crippen LogP contribution in [-0.4, -0.2) is 59.1 Å². The van der Waals surface area contributed by atoms with Crippen molar-refractivity contribution >= 4 is 5.91 Å². The van der Waals surface area contributed by atoms with Gasteiger partial charge in [-0.25, -0.2) is 0 Å². The number of hydrogen-bond acceptors (Lipinski definition) is 3. The number of hydrogen-bond donors (Lipinski definition) is 1. The van der Waals surface area contributed by atoms with Gasteiger partial charge in [-0.3, -0.25) is 9.69 Å². The number of rotatable bonds is 1. The van der Waals surface area contributed by atoms with Crippen LogP contribution in [0.4, 0.5) is 0 Å². The van der Waals surface area contributed by atoms with Gasteiger partial charge in [-0.1, -0.05) is 0 Å². The Morgan fingerprint density at radius 2 is 1.94 bits per heavy atom. The van der Waals surface area contributed by atoms with Crippen LogP contribution < -0.4 is 0 Å². The highest BCUT2D eigenvalue weighted by atomic mass is 16.3. The second-order valence-electron chi connectivity index (χ2n) is 6.92. The van der Waals surface area contributed by atoms with Crippen molar-refractivity contribution in [1.29, 1.82) is 0 Å². The minimum absolute atomic E-state index is 0.108. The summed E-state index contributed by atoms with van der Waals surface area (Å²) in [7, 11) is 0. The Kier molecular flexibility index (Phi) is 3.70. The van der Waals surface area contributed by atoms with E-state index >= 15 is 0 Å². The Morgan fingerprint density at radius 1 is 1.22 bits per heavy atom. The molecule has 0 saturated carbocycles. The molecule has 1 spiro atoms. The zero-order chi connectivity index (χ0) is 13.4. The standard InChI is InChI=1S/C14H26N2O2/c1-13(2,3)16-8-6-14(11-16)5-4-7-15(10-14)12(18)9-17/h17H,4-11H2,1-3H3. The van der Waals surface area contributed by atoms with E-state index in [-0.39, 0.29) is 23.5 Å². The van der Waals surface area contributed by atoms with Crippen LogP contribution in [0.25, 0.3) is 0 Å². The van der Waals surface area contributed by atoms with Crippen LogP contribution in [0.15, 0.2) is 0 Å². The number of aliphatic hydroxyl groups is 1. The summed E-state index contributed by atoms with van der Waals surface area (Å²) in [6.45, 7) is 10.3. The number of amides is 1. The Hall–Kier alpha value is -0.610. The van der Waals surface area contributed by atoms with Crippen molar-refractivity contribution in [2.24, 2.45) is 5.41 Å². The van der Waals surface area contributed by atoms with E-state index < -0.39 is 0 Å². The fourth-order valence-corrected chi connectivity index (χ4v) is 3.36. The first-order valence-electron chi connectivity index (χ1n) is 7.00.